The average molecular weight is 345 g/mol. The van der Waals surface area contributed by atoms with Crippen LogP contribution in [-0.4, -0.2) is 28.3 Å². The normalized spacial score (nSPS) is 15.6. The Morgan fingerprint density at radius 1 is 1.35 bits per heavy atom. The fourth-order valence-electron chi connectivity index (χ4n) is 1.91. The maximum absolute atomic E-state index is 12.8. The third-order valence-electron chi connectivity index (χ3n) is 2.89. The van der Waals surface area contributed by atoms with E-state index in [0.717, 1.165) is 18.5 Å². The van der Waals surface area contributed by atoms with Crippen molar-refractivity contribution in [2.75, 3.05) is 17.5 Å². The number of halogens is 2. The Bertz CT molecular complexity index is 441. The summed E-state index contributed by atoms with van der Waals surface area (Å²) in [6.07, 6.45) is 2.90. The van der Waals surface area contributed by atoms with Crippen LogP contribution in [0.15, 0.2) is 30.3 Å². The Morgan fingerprint density at radius 3 is 2.59 bits per heavy atom. The molecule has 0 N–H and O–H groups in total. The molecule has 1 amide bonds. The summed E-state index contributed by atoms with van der Waals surface area (Å²) < 4.78 is 13.3. The summed E-state index contributed by atoms with van der Waals surface area (Å²) in [6.45, 7) is 1.42. The highest BCUT2D eigenvalue weighted by Gasteiger charge is 2.16. The van der Waals surface area contributed by atoms with E-state index < -0.39 is 0 Å². The molecule has 1 aliphatic rings. The zero-order valence-corrected chi connectivity index (χ0v) is 11.5. The van der Waals surface area contributed by atoms with Gasteiger partial charge in [-0.05, 0) is 29.7 Å². The lowest BCUT2D eigenvalue weighted by molar-refractivity contribution is -0.127. The summed E-state index contributed by atoms with van der Waals surface area (Å²) in [6, 6.07) is 6.52. The van der Waals surface area contributed by atoms with E-state index in [9.17, 15) is 9.18 Å². The Balaban J connectivity index is 2.08. The first-order chi connectivity index (χ1) is 8.20. The standard InChI is InChI=1S/C13H13FINO/c14-12-3-1-10(2-4-12)11-5-7-16(8-6-11)13(17)9-15/h1-5H,6-9H2. The van der Waals surface area contributed by atoms with Crippen LogP contribution >= 0.6 is 22.6 Å². The summed E-state index contributed by atoms with van der Waals surface area (Å²) in [7, 11) is 0. The Morgan fingerprint density at radius 2 is 2.06 bits per heavy atom. The van der Waals surface area contributed by atoms with Gasteiger partial charge in [0.25, 0.3) is 0 Å². The maximum Gasteiger partial charge on any atom is 0.232 e. The number of alkyl halides is 1. The second-order valence-electron chi connectivity index (χ2n) is 3.96. The van der Waals surface area contributed by atoms with Gasteiger partial charge in [0.1, 0.15) is 5.82 Å². The van der Waals surface area contributed by atoms with Crippen LogP contribution in [0.4, 0.5) is 4.39 Å². The van der Waals surface area contributed by atoms with Crippen molar-refractivity contribution in [3.8, 4) is 0 Å². The molecule has 0 aromatic heterocycles. The number of benzene rings is 1. The molecule has 0 spiro atoms. The molecule has 1 aromatic carbocycles. The monoisotopic (exact) mass is 345 g/mol. The van der Waals surface area contributed by atoms with E-state index >= 15 is 0 Å². The van der Waals surface area contributed by atoms with Gasteiger partial charge in [-0.25, -0.2) is 4.39 Å². The first-order valence-electron chi connectivity index (χ1n) is 5.49. The Labute approximate surface area is 114 Å². The van der Waals surface area contributed by atoms with E-state index in [2.05, 4.69) is 28.7 Å². The van der Waals surface area contributed by atoms with Crippen LogP contribution in [0.25, 0.3) is 5.57 Å². The quantitative estimate of drug-likeness (QED) is 0.596. The molecule has 0 fully saturated rings. The average Bonchev–Trinajstić information content (AvgIpc) is 2.39. The van der Waals surface area contributed by atoms with Crippen molar-refractivity contribution in [3.05, 3.63) is 41.7 Å². The van der Waals surface area contributed by atoms with Crippen molar-refractivity contribution in [2.45, 2.75) is 6.42 Å². The molecule has 1 aromatic rings. The van der Waals surface area contributed by atoms with Crippen molar-refractivity contribution >= 4 is 34.1 Å². The van der Waals surface area contributed by atoms with Crippen molar-refractivity contribution in [2.24, 2.45) is 0 Å². The summed E-state index contributed by atoms with van der Waals surface area (Å²) in [5.41, 5.74) is 2.25. The molecule has 0 radical (unpaired) electrons. The molecular formula is C13H13FINO. The van der Waals surface area contributed by atoms with Crippen molar-refractivity contribution in [1.29, 1.82) is 0 Å². The second kappa shape index (κ2) is 5.62. The summed E-state index contributed by atoms with van der Waals surface area (Å²) >= 11 is 2.08. The molecule has 2 rings (SSSR count). The first-order valence-corrected chi connectivity index (χ1v) is 7.02. The van der Waals surface area contributed by atoms with Crippen LogP contribution in [0.3, 0.4) is 0 Å². The number of carbonyl (C=O) groups excluding carboxylic acids is 1. The van der Waals surface area contributed by atoms with Crippen LogP contribution in [-0.2, 0) is 4.79 Å². The fraction of sp³-hybridized carbons (Fsp3) is 0.308. The van der Waals surface area contributed by atoms with E-state index in [1.54, 1.807) is 12.1 Å². The maximum atomic E-state index is 12.8. The molecule has 4 heteroatoms. The molecule has 0 unspecified atom stereocenters. The molecule has 17 heavy (non-hydrogen) atoms. The molecule has 0 aliphatic carbocycles. The van der Waals surface area contributed by atoms with E-state index in [4.69, 9.17) is 0 Å². The van der Waals surface area contributed by atoms with Gasteiger partial charge < -0.3 is 4.90 Å². The summed E-state index contributed by atoms with van der Waals surface area (Å²) in [5, 5.41) is 0. The minimum absolute atomic E-state index is 0.181. The van der Waals surface area contributed by atoms with Crippen molar-refractivity contribution < 1.29 is 9.18 Å². The van der Waals surface area contributed by atoms with Gasteiger partial charge >= 0.3 is 0 Å². The van der Waals surface area contributed by atoms with E-state index in [1.165, 1.54) is 17.7 Å². The van der Waals surface area contributed by atoms with Gasteiger partial charge in [0.05, 0.1) is 4.43 Å². The molecule has 90 valence electrons. The lowest BCUT2D eigenvalue weighted by Gasteiger charge is -2.26. The third-order valence-corrected chi connectivity index (χ3v) is 3.54. The first kappa shape index (κ1) is 12.5. The third kappa shape index (κ3) is 3.06. The van der Waals surface area contributed by atoms with Gasteiger partial charge in [-0.3, -0.25) is 4.79 Å². The zero-order chi connectivity index (χ0) is 12.3. The predicted molar refractivity (Wildman–Crippen MR) is 74.5 cm³/mol. The number of amides is 1. The fourth-order valence-corrected chi connectivity index (χ4v) is 2.39. The largest absolute Gasteiger partial charge is 0.338 e. The number of nitrogens with zero attached hydrogens (tertiary/aromatic N) is 1. The highest BCUT2D eigenvalue weighted by molar-refractivity contribution is 14.1. The van der Waals surface area contributed by atoms with Crippen LogP contribution in [0.2, 0.25) is 0 Å². The lowest BCUT2D eigenvalue weighted by Crippen LogP contribution is -2.35. The lowest BCUT2D eigenvalue weighted by atomic mass is 9.99. The van der Waals surface area contributed by atoms with Crippen molar-refractivity contribution in [1.82, 2.24) is 4.90 Å². The van der Waals surface area contributed by atoms with Gasteiger partial charge in [0.2, 0.25) is 5.91 Å². The van der Waals surface area contributed by atoms with Gasteiger partial charge in [-0.15, -0.1) is 0 Å². The molecule has 1 heterocycles. The van der Waals surface area contributed by atoms with Gasteiger partial charge in [0.15, 0.2) is 0 Å². The molecule has 2 nitrogen and oxygen atoms in total. The molecule has 0 atom stereocenters. The van der Waals surface area contributed by atoms with Gasteiger partial charge in [-0.1, -0.05) is 40.8 Å². The SMILES string of the molecule is O=C(CI)N1CC=C(c2ccc(F)cc2)CC1. The second-order valence-corrected chi connectivity index (χ2v) is 4.72. The van der Waals surface area contributed by atoms with Gasteiger partial charge in [-0.2, -0.15) is 0 Å². The van der Waals surface area contributed by atoms with Crippen LogP contribution in [0.1, 0.15) is 12.0 Å². The Hall–Kier alpha value is -0.910. The minimum atomic E-state index is -0.216. The molecule has 0 saturated carbocycles. The highest BCUT2D eigenvalue weighted by Crippen LogP contribution is 2.22. The number of rotatable bonds is 2. The number of hydrogen-bond donors (Lipinski definition) is 0. The Kier molecular flexibility index (Phi) is 4.15. The molecular weight excluding hydrogens is 332 g/mol. The minimum Gasteiger partial charge on any atom is -0.338 e. The number of hydrogen-bond acceptors (Lipinski definition) is 1. The molecule has 0 saturated heterocycles. The van der Waals surface area contributed by atoms with Gasteiger partial charge in [0, 0.05) is 13.1 Å². The van der Waals surface area contributed by atoms with E-state index in [-0.39, 0.29) is 11.7 Å². The summed E-state index contributed by atoms with van der Waals surface area (Å²) in [4.78, 5) is 13.3. The van der Waals surface area contributed by atoms with E-state index in [1.807, 2.05) is 4.90 Å². The smallest absolute Gasteiger partial charge is 0.232 e. The topological polar surface area (TPSA) is 20.3 Å². The van der Waals surface area contributed by atoms with Crippen molar-refractivity contribution in [3.63, 3.8) is 0 Å². The highest BCUT2D eigenvalue weighted by atomic mass is 127. The van der Waals surface area contributed by atoms with Crippen LogP contribution in [0.5, 0.6) is 0 Å². The number of carbonyl (C=O) groups is 1. The predicted octanol–water partition coefficient (Wildman–Crippen LogP) is 2.88. The molecule has 1 aliphatic heterocycles. The van der Waals surface area contributed by atoms with Crippen LogP contribution < -0.4 is 0 Å². The van der Waals surface area contributed by atoms with E-state index in [0.29, 0.717) is 11.0 Å². The van der Waals surface area contributed by atoms with Crippen LogP contribution in [0, 0.1) is 5.82 Å². The summed E-state index contributed by atoms with van der Waals surface area (Å²) in [5.74, 6) is -0.0353. The molecule has 0 bridgehead atoms. The zero-order valence-electron chi connectivity index (χ0n) is 9.33.